The molecule has 0 radical (unpaired) electrons. The molecule has 0 saturated carbocycles. The van der Waals surface area contributed by atoms with Gasteiger partial charge in [-0.25, -0.2) is 0 Å². The van der Waals surface area contributed by atoms with E-state index in [9.17, 15) is 10.1 Å². The van der Waals surface area contributed by atoms with Crippen molar-refractivity contribution in [2.24, 2.45) is 0 Å². The molecule has 1 N–H and O–H groups in total. The Hall–Kier alpha value is -2.68. The number of nitrogens with zero attached hydrogens (tertiary/aromatic N) is 1. The van der Waals surface area contributed by atoms with Crippen LogP contribution < -0.4 is 14.8 Å². The number of carbonyl (C=O) groups is 1. The molecule has 0 fully saturated rings. The van der Waals surface area contributed by atoms with Gasteiger partial charge in [-0.2, -0.15) is 5.26 Å². The van der Waals surface area contributed by atoms with Crippen LogP contribution >= 0.6 is 23.2 Å². The number of benzene rings is 2. The van der Waals surface area contributed by atoms with E-state index in [1.54, 1.807) is 36.4 Å². The van der Waals surface area contributed by atoms with Crippen LogP contribution in [0.2, 0.25) is 10.0 Å². The molecule has 128 valence electrons. The van der Waals surface area contributed by atoms with Crippen molar-refractivity contribution in [3.63, 3.8) is 0 Å². The average Bonchev–Trinajstić information content (AvgIpc) is 2.60. The van der Waals surface area contributed by atoms with Crippen LogP contribution in [0.4, 0.5) is 5.69 Å². The first kappa shape index (κ1) is 18.7. The van der Waals surface area contributed by atoms with E-state index in [4.69, 9.17) is 32.7 Å². The van der Waals surface area contributed by atoms with Gasteiger partial charge >= 0.3 is 0 Å². The molecule has 0 aliphatic rings. The van der Waals surface area contributed by atoms with Gasteiger partial charge in [-0.15, -0.1) is 0 Å². The quantitative estimate of drug-likeness (QED) is 0.613. The van der Waals surface area contributed by atoms with Crippen molar-refractivity contribution < 1.29 is 14.3 Å². The van der Waals surface area contributed by atoms with Crippen LogP contribution in [0.1, 0.15) is 5.56 Å². The van der Waals surface area contributed by atoms with Gasteiger partial charge in [0.05, 0.1) is 19.2 Å². The fraction of sp³-hybridized carbons (Fsp3) is 0.111. The van der Waals surface area contributed by atoms with E-state index in [2.05, 4.69) is 5.32 Å². The SMILES string of the molecule is COc1cc(/C=C(\C#N)C(=O)Nc2ccc(Cl)cc2)cc(Cl)c1OC. The largest absolute Gasteiger partial charge is 0.493 e. The standard InChI is InChI=1S/C18H14Cl2N2O3/c1-24-16-9-11(8-15(20)17(16)25-2)7-12(10-21)18(23)22-14-5-3-13(19)4-6-14/h3-9H,1-2H3,(H,22,23)/b12-7+. The third-order valence-corrected chi connectivity index (χ3v) is 3.77. The number of nitrogens with one attached hydrogen (secondary N) is 1. The smallest absolute Gasteiger partial charge is 0.266 e. The number of methoxy groups -OCH3 is 2. The fourth-order valence-corrected chi connectivity index (χ4v) is 2.49. The molecule has 0 unspecified atom stereocenters. The lowest BCUT2D eigenvalue weighted by Gasteiger charge is -2.10. The first-order chi connectivity index (χ1) is 12.0. The van der Waals surface area contributed by atoms with Crippen LogP contribution in [0.25, 0.3) is 6.08 Å². The molecular formula is C18H14Cl2N2O3. The molecule has 1 amide bonds. The minimum absolute atomic E-state index is 0.0850. The number of nitriles is 1. The fourth-order valence-electron chi connectivity index (χ4n) is 2.07. The summed E-state index contributed by atoms with van der Waals surface area (Å²) >= 11 is 11.9. The zero-order valence-corrected chi connectivity index (χ0v) is 15.0. The highest BCUT2D eigenvalue weighted by Gasteiger charge is 2.13. The molecule has 0 aliphatic heterocycles. The van der Waals surface area contributed by atoms with E-state index >= 15 is 0 Å². The lowest BCUT2D eigenvalue weighted by molar-refractivity contribution is -0.112. The van der Waals surface area contributed by atoms with Gasteiger partial charge in [0.25, 0.3) is 5.91 Å². The van der Waals surface area contributed by atoms with Crippen LogP contribution in [0.15, 0.2) is 42.0 Å². The van der Waals surface area contributed by atoms with Crippen LogP contribution in [-0.4, -0.2) is 20.1 Å². The minimum Gasteiger partial charge on any atom is -0.493 e. The molecule has 0 atom stereocenters. The lowest BCUT2D eigenvalue weighted by atomic mass is 10.1. The van der Waals surface area contributed by atoms with Gasteiger partial charge in [-0.05, 0) is 48.0 Å². The number of anilines is 1. The van der Waals surface area contributed by atoms with Crippen LogP contribution in [-0.2, 0) is 4.79 Å². The molecule has 0 spiro atoms. The topological polar surface area (TPSA) is 71.3 Å². The maximum atomic E-state index is 12.3. The first-order valence-corrected chi connectivity index (χ1v) is 7.84. The zero-order chi connectivity index (χ0) is 18.4. The molecule has 2 aromatic rings. The number of halogens is 2. The first-order valence-electron chi connectivity index (χ1n) is 7.08. The van der Waals surface area contributed by atoms with Gasteiger partial charge < -0.3 is 14.8 Å². The van der Waals surface area contributed by atoms with Crippen LogP contribution in [0.3, 0.4) is 0 Å². The monoisotopic (exact) mass is 376 g/mol. The van der Waals surface area contributed by atoms with Crippen molar-refractivity contribution in [3.8, 4) is 17.6 Å². The molecule has 5 nitrogen and oxygen atoms in total. The third-order valence-electron chi connectivity index (χ3n) is 3.23. The van der Waals surface area contributed by atoms with Gasteiger partial charge in [0.1, 0.15) is 11.6 Å². The summed E-state index contributed by atoms with van der Waals surface area (Å²) < 4.78 is 10.4. The molecule has 2 aromatic carbocycles. The van der Waals surface area contributed by atoms with Crippen molar-refractivity contribution >= 4 is 40.9 Å². The van der Waals surface area contributed by atoms with Gasteiger partial charge in [0.15, 0.2) is 11.5 Å². The molecule has 2 rings (SSSR count). The van der Waals surface area contributed by atoms with Crippen molar-refractivity contribution in [1.82, 2.24) is 0 Å². The summed E-state index contributed by atoms with van der Waals surface area (Å²) in [5.74, 6) is 0.234. The summed E-state index contributed by atoms with van der Waals surface area (Å²) in [4.78, 5) is 12.3. The number of carbonyl (C=O) groups excluding carboxylic acids is 1. The van der Waals surface area contributed by atoms with Gasteiger partial charge in [0.2, 0.25) is 0 Å². The second-order valence-electron chi connectivity index (χ2n) is 4.87. The Labute approximate surface area is 155 Å². The Morgan fingerprint density at radius 3 is 2.40 bits per heavy atom. The van der Waals surface area contributed by atoms with E-state index in [1.807, 2.05) is 6.07 Å². The molecule has 0 saturated heterocycles. The number of hydrogen-bond donors (Lipinski definition) is 1. The molecular weight excluding hydrogens is 363 g/mol. The molecule has 0 bridgehead atoms. The molecule has 7 heteroatoms. The lowest BCUT2D eigenvalue weighted by Crippen LogP contribution is -2.13. The molecule has 0 aromatic heterocycles. The molecule has 0 heterocycles. The molecule has 0 aliphatic carbocycles. The Bertz CT molecular complexity index is 856. The zero-order valence-electron chi connectivity index (χ0n) is 13.5. The van der Waals surface area contributed by atoms with Gasteiger partial charge in [0, 0.05) is 10.7 Å². The number of rotatable bonds is 5. The number of hydrogen-bond acceptors (Lipinski definition) is 4. The summed E-state index contributed by atoms with van der Waals surface area (Å²) in [6.07, 6.45) is 1.42. The maximum Gasteiger partial charge on any atom is 0.266 e. The van der Waals surface area contributed by atoms with Crippen molar-refractivity contribution in [2.45, 2.75) is 0 Å². The third kappa shape index (κ3) is 4.66. The predicted molar refractivity (Wildman–Crippen MR) is 98.2 cm³/mol. The highest BCUT2D eigenvalue weighted by atomic mass is 35.5. The van der Waals surface area contributed by atoms with Crippen molar-refractivity contribution in [3.05, 3.63) is 57.6 Å². The van der Waals surface area contributed by atoms with Crippen molar-refractivity contribution in [1.29, 1.82) is 5.26 Å². The van der Waals surface area contributed by atoms with Crippen LogP contribution in [0.5, 0.6) is 11.5 Å². The number of amides is 1. The second kappa shape index (κ2) is 8.43. The van der Waals surface area contributed by atoms with E-state index in [-0.39, 0.29) is 5.57 Å². The van der Waals surface area contributed by atoms with Gasteiger partial charge in [-0.3, -0.25) is 4.79 Å². The normalized spacial score (nSPS) is 10.8. The van der Waals surface area contributed by atoms with Gasteiger partial charge in [-0.1, -0.05) is 23.2 Å². The second-order valence-corrected chi connectivity index (χ2v) is 5.71. The van der Waals surface area contributed by atoms with E-state index in [1.165, 1.54) is 20.3 Å². The highest BCUT2D eigenvalue weighted by Crippen LogP contribution is 2.36. The van der Waals surface area contributed by atoms with Crippen LogP contribution in [0, 0.1) is 11.3 Å². The average molecular weight is 377 g/mol. The Morgan fingerprint density at radius 2 is 1.84 bits per heavy atom. The van der Waals surface area contributed by atoms with E-state index in [0.717, 1.165) is 0 Å². The molecule has 25 heavy (non-hydrogen) atoms. The maximum absolute atomic E-state index is 12.3. The predicted octanol–water partition coefficient (Wildman–Crippen LogP) is 4.56. The number of ether oxygens (including phenoxy) is 2. The summed E-state index contributed by atoms with van der Waals surface area (Å²) in [6.45, 7) is 0. The minimum atomic E-state index is -0.546. The summed E-state index contributed by atoms with van der Waals surface area (Å²) in [7, 11) is 2.94. The Morgan fingerprint density at radius 1 is 1.16 bits per heavy atom. The summed E-state index contributed by atoms with van der Waals surface area (Å²) in [5.41, 5.74) is 0.976. The summed E-state index contributed by atoms with van der Waals surface area (Å²) in [5, 5.41) is 12.8. The highest BCUT2D eigenvalue weighted by molar-refractivity contribution is 6.32. The Kier molecular flexibility index (Phi) is 6.29. The van der Waals surface area contributed by atoms with E-state index < -0.39 is 5.91 Å². The summed E-state index contributed by atoms with van der Waals surface area (Å²) in [6, 6.07) is 11.6. The van der Waals surface area contributed by atoms with E-state index in [0.29, 0.717) is 32.8 Å². The van der Waals surface area contributed by atoms with Crippen molar-refractivity contribution in [2.75, 3.05) is 19.5 Å². The Balaban J connectivity index is 2.30.